The zero-order valence-corrected chi connectivity index (χ0v) is 19.8. The molecule has 0 atom stereocenters. The third-order valence-electron chi connectivity index (χ3n) is 6.12. The third kappa shape index (κ3) is 4.68. The molecule has 4 aromatic rings. The molecule has 5 rings (SSSR count). The highest BCUT2D eigenvalue weighted by atomic mass is 35.5. The summed E-state index contributed by atoms with van der Waals surface area (Å²) in [5.74, 6) is 1.97. The number of hydrogen-bond acceptors (Lipinski definition) is 5. The molecule has 1 aliphatic rings. The van der Waals surface area contributed by atoms with E-state index in [1.807, 2.05) is 34.8 Å². The molecule has 1 aliphatic heterocycles. The van der Waals surface area contributed by atoms with Gasteiger partial charge in [-0.3, -0.25) is 4.90 Å². The summed E-state index contributed by atoms with van der Waals surface area (Å²) in [6, 6.07) is 20.1. The van der Waals surface area contributed by atoms with Gasteiger partial charge in [0.25, 0.3) is 0 Å². The Morgan fingerprint density at radius 1 is 0.939 bits per heavy atom. The summed E-state index contributed by atoms with van der Waals surface area (Å²) >= 11 is 5.94. The molecule has 170 valence electrons. The van der Waals surface area contributed by atoms with Crippen molar-refractivity contribution in [3.05, 3.63) is 77.1 Å². The second-order valence-corrected chi connectivity index (χ2v) is 8.89. The van der Waals surface area contributed by atoms with Crippen molar-refractivity contribution in [2.75, 3.05) is 44.2 Å². The van der Waals surface area contributed by atoms with Crippen LogP contribution in [0.1, 0.15) is 11.4 Å². The first-order chi connectivity index (χ1) is 16.1. The van der Waals surface area contributed by atoms with E-state index < -0.39 is 0 Å². The number of fused-ring (bicyclic) bond motifs is 1. The van der Waals surface area contributed by atoms with E-state index in [1.165, 1.54) is 0 Å². The molecule has 0 spiro atoms. The predicted octanol–water partition coefficient (Wildman–Crippen LogP) is 4.87. The van der Waals surface area contributed by atoms with Crippen LogP contribution in [0.2, 0.25) is 5.02 Å². The highest BCUT2D eigenvalue weighted by Gasteiger charge is 2.22. The van der Waals surface area contributed by atoms with Crippen molar-refractivity contribution >= 4 is 23.1 Å². The van der Waals surface area contributed by atoms with Crippen LogP contribution in [0, 0.1) is 13.8 Å². The molecule has 0 unspecified atom stereocenters. The standard InChI is InChI=1S/C26H28ClN5O/c1-19-18-24(32-26(28-19)25(20(2)29-32)21-6-4-3-5-7-21)31-14-12-30(13-15-31)16-17-33-23-10-8-22(27)9-11-23/h3-11,18H,12-17H2,1-2H3. The number of aryl methyl sites for hydroxylation is 2. The zero-order valence-electron chi connectivity index (χ0n) is 19.0. The van der Waals surface area contributed by atoms with E-state index >= 15 is 0 Å². The Bertz CT molecular complexity index is 1230. The van der Waals surface area contributed by atoms with Gasteiger partial charge in [0, 0.05) is 55.1 Å². The van der Waals surface area contributed by atoms with Gasteiger partial charge >= 0.3 is 0 Å². The maximum atomic E-state index is 5.94. The largest absolute Gasteiger partial charge is 0.492 e. The molecule has 33 heavy (non-hydrogen) atoms. The number of ether oxygens (including phenoxy) is 1. The van der Waals surface area contributed by atoms with E-state index in [4.69, 9.17) is 26.4 Å². The number of aromatic nitrogens is 3. The molecule has 0 radical (unpaired) electrons. The van der Waals surface area contributed by atoms with Crippen LogP contribution < -0.4 is 9.64 Å². The number of piperazine rings is 1. The Labute approximate surface area is 199 Å². The summed E-state index contributed by atoms with van der Waals surface area (Å²) in [7, 11) is 0. The van der Waals surface area contributed by atoms with Gasteiger partial charge < -0.3 is 9.64 Å². The Kier molecular flexibility index (Phi) is 6.20. The van der Waals surface area contributed by atoms with Crippen LogP contribution in [0.15, 0.2) is 60.7 Å². The molecule has 0 aliphatic carbocycles. The fourth-order valence-electron chi connectivity index (χ4n) is 4.42. The fraction of sp³-hybridized carbons (Fsp3) is 0.308. The van der Waals surface area contributed by atoms with Crippen LogP contribution in [0.5, 0.6) is 5.75 Å². The van der Waals surface area contributed by atoms with Gasteiger partial charge in [-0.15, -0.1) is 0 Å². The van der Waals surface area contributed by atoms with Gasteiger partial charge in [0.05, 0.1) is 5.69 Å². The fourth-order valence-corrected chi connectivity index (χ4v) is 4.54. The minimum absolute atomic E-state index is 0.666. The first kappa shape index (κ1) is 21.7. The summed E-state index contributed by atoms with van der Waals surface area (Å²) in [6.45, 7) is 9.55. The van der Waals surface area contributed by atoms with Crippen molar-refractivity contribution in [3.63, 3.8) is 0 Å². The van der Waals surface area contributed by atoms with Crippen molar-refractivity contribution in [2.24, 2.45) is 0 Å². The van der Waals surface area contributed by atoms with E-state index in [9.17, 15) is 0 Å². The van der Waals surface area contributed by atoms with Crippen molar-refractivity contribution in [3.8, 4) is 16.9 Å². The smallest absolute Gasteiger partial charge is 0.165 e. The highest BCUT2D eigenvalue weighted by molar-refractivity contribution is 6.30. The lowest BCUT2D eigenvalue weighted by atomic mass is 10.1. The number of benzene rings is 2. The van der Waals surface area contributed by atoms with Gasteiger partial charge in [-0.05, 0) is 43.7 Å². The van der Waals surface area contributed by atoms with Crippen LogP contribution >= 0.6 is 11.6 Å². The van der Waals surface area contributed by atoms with Crippen LogP contribution in [0.3, 0.4) is 0 Å². The molecule has 0 amide bonds. The topological polar surface area (TPSA) is 45.9 Å². The molecular weight excluding hydrogens is 434 g/mol. The molecule has 2 aromatic carbocycles. The monoisotopic (exact) mass is 461 g/mol. The van der Waals surface area contributed by atoms with Crippen molar-refractivity contribution in [1.82, 2.24) is 19.5 Å². The van der Waals surface area contributed by atoms with Crippen LogP contribution in [0.25, 0.3) is 16.8 Å². The van der Waals surface area contributed by atoms with Gasteiger partial charge in [0.1, 0.15) is 18.2 Å². The molecule has 0 N–H and O–H groups in total. The lowest BCUT2D eigenvalue weighted by Gasteiger charge is -2.36. The quantitative estimate of drug-likeness (QED) is 0.410. The molecule has 0 saturated carbocycles. The van der Waals surface area contributed by atoms with Crippen LogP contribution in [0.4, 0.5) is 5.82 Å². The Balaban J connectivity index is 1.28. The lowest BCUT2D eigenvalue weighted by molar-refractivity contribution is 0.200. The minimum Gasteiger partial charge on any atom is -0.492 e. The van der Waals surface area contributed by atoms with Crippen molar-refractivity contribution in [1.29, 1.82) is 0 Å². The first-order valence-corrected chi connectivity index (χ1v) is 11.7. The summed E-state index contributed by atoms with van der Waals surface area (Å²) in [4.78, 5) is 9.72. The normalized spacial score (nSPS) is 14.7. The molecule has 1 fully saturated rings. The summed E-state index contributed by atoms with van der Waals surface area (Å²) in [6.07, 6.45) is 0. The average molecular weight is 462 g/mol. The number of anilines is 1. The van der Waals surface area contributed by atoms with E-state index in [0.717, 1.165) is 77.5 Å². The maximum Gasteiger partial charge on any atom is 0.165 e. The molecule has 0 bridgehead atoms. The third-order valence-corrected chi connectivity index (χ3v) is 6.37. The van der Waals surface area contributed by atoms with Gasteiger partial charge in [0.15, 0.2) is 5.65 Å². The Hall–Kier alpha value is -3.09. The molecular formula is C26H28ClN5O. The minimum atomic E-state index is 0.666. The SMILES string of the molecule is Cc1cc(N2CCN(CCOc3ccc(Cl)cc3)CC2)n2nc(C)c(-c3ccccc3)c2n1. The van der Waals surface area contributed by atoms with E-state index in [-0.39, 0.29) is 0 Å². The molecule has 1 saturated heterocycles. The first-order valence-electron chi connectivity index (χ1n) is 11.4. The number of rotatable bonds is 6. The van der Waals surface area contributed by atoms with Crippen molar-refractivity contribution < 1.29 is 4.74 Å². The van der Waals surface area contributed by atoms with E-state index in [2.05, 4.69) is 54.0 Å². The summed E-state index contributed by atoms with van der Waals surface area (Å²) in [5.41, 5.74) is 5.19. The maximum absolute atomic E-state index is 5.94. The Morgan fingerprint density at radius 2 is 1.67 bits per heavy atom. The second kappa shape index (κ2) is 9.41. The molecule has 6 nitrogen and oxygen atoms in total. The van der Waals surface area contributed by atoms with Gasteiger partial charge in [-0.2, -0.15) is 9.61 Å². The summed E-state index contributed by atoms with van der Waals surface area (Å²) in [5, 5.41) is 5.61. The number of nitrogens with zero attached hydrogens (tertiary/aromatic N) is 5. The highest BCUT2D eigenvalue weighted by Crippen LogP contribution is 2.30. The van der Waals surface area contributed by atoms with Crippen molar-refractivity contribution in [2.45, 2.75) is 13.8 Å². The van der Waals surface area contributed by atoms with Gasteiger partial charge in [-0.1, -0.05) is 41.9 Å². The Morgan fingerprint density at radius 3 is 2.39 bits per heavy atom. The molecule has 7 heteroatoms. The summed E-state index contributed by atoms with van der Waals surface area (Å²) < 4.78 is 7.89. The zero-order chi connectivity index (χ0) is 22.8. The predicted molar refractivity (Wildman–Crippen MR) is 133 cm³/mol. The van der Waals surface area contributed by atoms with E-state index in [0.29, 0.717) is 6.61 Å². The second-order valence-electron chi connectivity index (χ2n) is 8.45. The van der Waals surface area contributed by atoms with Gasteiger partial charge in [0.2, 0.25) is 0 Å². The molecule has 2 aromatic heterocycles. The average Bonchev–Trinajstić information content (AvgIpc) is 3.16. The molecule has 3 heterocycles. The van der Waals surface area contributed by atoms with Gasteiger partial charge in [-0.25, -0.2) is 4.98 Å². The van der Waals surface area contributed by atoms with Crippen LogP contribution in [-0.2, 0) is 0 Å². The van der Waals surface area contributed by atoms with E-state index in [1.54, 1.807) is 0 Å². The lowest BCUT2D eigenvalue weighted by Crippen LogP contribution is -2.48. The van der Waals surface area contributed by atoms with Crippen LogP contribution in [-0.4, -0.2) is 58.8 Å². The number of halogens is 1. The number of hydrogen-bond donors (Lipinski definition) is 0.